The van der Waals surface area contributed by atoms with Gasteiger partial charge in [0.15, 0.2) is 0 Å². The molecule has 21 heavy (non-hydrogen) atoms. The molecule has 3 rings (SSSR count). The van der Waals surface area contributed by atoms with Gasteiger partial charge >= 0.3 is 0 Å². The fourth-order valence-corrected chi connectivity index (χ4v) is 2.56. The molecule has 5 heteroatoms. The zero-order chi connectivity index (χ0) is 14.7. The number of hydrogen-bond donors (Lipinski definition) is 1. The molecule has 0 aliphatic carbocycles. The molecule has 1 aliphatic rings. The van der Waals surface area contributed by atoms with Crippen LogP contribution in [0.3, 0.4) is 0 Å². The van der Waals surface area contributed by atoms with Gasteiger partial charge in [-0.25, -0.2) is 0 Å². The normalized spacial score (nSPS) is 15.0. The van der Waals surface area contributed by atoms with E-state index < -0.39 is 0 Å². The number of aromatic nitrogens is 1. The van der Waals surface area contributed by atoms with Crippen LogP contribution in [-0.2, 0) is 0 Å². The maximum atomic E-state index is 12.5. The first-order chi connectivity index (χ1) is 10.3. The van der Waals surface area contributed by atoms with Gasteiger partial charge in [-0.05, 0) is 18.2 Å². The number of para-hydroxylation sites is 1. The smallest absolute Gasteiger partial charge is 0.257 e. The molecule has 1 aliphatic heterocycles. The number of benzene rings is 1. The highest BCUT2D eigenvalue weighted by Gasteiger charge is 2.23. The van der Waals surface area contributed by atoms with E-state index in [0.717, 1.165) is 13.1 Å². The highest BCUT2D eigenvalue weighted by Crippen LogP contribution is 2.18. The number of nitrogens with two attached hydrogens (primary N) is 1. The number of carbonyl (C=O) groups is 1. The van der Waals surface area contributed by atoms with Gasteiger partial charge in [-0.3, -0.25) is 9.78 Å². The second kappa shape index (κ2) is 5.83. The van der Waals surface area contributed by atoms with E-state index in [4.69, 9.17) is 5.73 Å². The summed E-state index contributed by atoms with van der Waals surface area (Å²) in [6.45, 7) is 3.05. The van der Waals surface area contributed by atoms with Crippen molar-refractivity contribution in [2.75, 3.05) is 36.8 Å². The first kappa shape index (κ1) is 13.4. The number of hydrogen-bond acceptors (Lipinski definition) is 4. The van der Waals surface area contributed by atoms with Crippen molar-refractivity contribution < 1.29 is 4.79 Å². The molecule has 1 amide bonds. The fraction of sp³-hybridized carbons (Fsp3) is 0.250. The van der Waals surface area contributed by atoms with E-state index in [9.17, 15) is 4.79 Å². The molecule has 2 aromatic rings. The topological polar surface area (TPSA) is 62.5 Å². The van der Waals surface area contributed by atoms with Crippen LogP contribution in [0.2, 0.25) is 0 Å². The Balaban J connectivity index is 1.66. The first-order valence-corrected chi connectivity index (χ1v) is 7.04. The Kier molecular flexibility index (Phi) is 3.73. The summed E-state index contributed by atoms with van der Waals surface area (Å²) in [5.74, 6) is -0.0340. The van der Waals surface area contributed by atoms with Crippen molar-refractivity contribution in [1.82, 2.24) is 9.88 Å². The summed E-state index contributed by atoms with van der Waals surface area (Å²) >= 11 is 0. The molecule has 108 valence electrons. The van der Waals surface area contributed by atoms with E-state index in [0.29, 0.717) is 24.3 Å². The largest absolute Gasteiger partial charge is 0.398 e. The predicted molar refractivity (Wildman–Crippen MR) is 83.2 cm³/mol. The van der Waals surface area contributed by atoms with Crippen molar-refractivity contribution in [3.05, 3.63) is 54.4 Å². The molecule has 1 fully saturated rings. The Hall–Kier alpha value is -2.56. The lowest BCUT2D eigenvalue weighted by atomic mass is 10.2. The van der Waals surface area contributed by atoms with Gasteiger partial charge in [-0.1, -0.05) is 18.2 Å². The van der Waals surface area contributed by atoms with Crippen LogP contribution in [0.25, 0.3) is 0 Å². The molecule has 2 heterocycles. The molecule has 0 saturated carbocycles. The Morgan fingerprint density at radius 2 is 1.76 bits per heavy atom. The van der Waals surface area contributed by atoms with Crippen LogP contribution in [0.15, 0.2) is 48.8 Å². The molecule has 0 bridgehead atoms. The van der Waals surface area contributed by atoms with Crippen LogP contribution in [0.4, 0.5) is 11.4 Å². The van der Waals surface area contributed by atoms with Gasteiger partial charge < -0.3 is 15.5 Å². The number of nitrogen functional groups attached to an aromatic ring is 1. The maximum Gasteiger partial charge on any atom is 0.257 e. The van der Waals surface area contributed by atoms with E-state index in [-0.39, 0.29) is 5.91 Å². The van der Waals surface area contributed by atoms with Crippen molar-refractivity contribution in [3.63, 3.8) is 0 Å². The quantitative estimate of drug-likeness (QED) is 0.909. The average molecular weight is 282 g/mol. The Morgan fingerprint density at radius 3 is 2.43 bits per heavy atom. The summed E-state index contributed by atoms with van der Waals surface area (Å²) in [5, 5.41) is 0. The third-order valence-corrected chi connectivity index (χ3v) is 3.77. The van der Waals surface area contributed by atoms with Crippen LogP contribution in [0.1, 0.15) is 10.4 Å². The van der Waals surface area contributed by atoms with Gasteiger partial charge in [-0.15, -0.1) is 0 Å². The van der Waals surface area contributed by atoms with Crippen molar-refractivity contribution in [2.24, 2.45) is 0 Å². The zero-order valence-corrected chi connectivity index (χ0v) is 11.8. The van der Waals surface area contributed by atoms with Crippen LogP contribution in [0, 0.1) is 0 Å². The number of anilines is 2. The lowest BCUT2D eigenvalue weighted by Crippen LogP contribution is -2.48. The second-order valence-electron chi connectivity index (χ2n) is 5.08. The van der Waals surface area contributed by atoms with E-state index in [2.05, 4.69) is 22.0 Å². The van der Waals surface area contributed by atoms with E-state index in [1.165, 1.54) is 5.69 Å². The number of rotatable bonds is 2. The molecular formula is C16H18N4O. The summed E-state index contributed by atoms with van der Waals surface area (Å²) in [4.78, 5) is 20.6. The Labute approximate surface area is 124 Å². The number of carbonyl (C=O) groups excluding carboxylic acids is 1. The van der Waals surface area contributed by atoms with Crippen LogP contribution in [0.5, 0.6) is 0 Å². The van der Waals surface area contributed by atoms with Crippen molar-refractivity contribution in [3.8, 4) is 0 Å². The van der Waals surface area contributed by atoms with Crippen LogP contribution < -0.4 is 10.6 Å². The van der Waals surface area contributed by atoms with Gasteiger partial charge in [0.2, 0.25) is 0 Å². The molecule has 0 atom stereocenters. The Morgan fingerprint density at radius 1 is 1.05 bits per heavy atom. The van der Waals surface area contributed by atoms with Gasteiger partial charge in [0, 0.05) is 49.9 Å². The van der Waals surface area contributed by atoms with E-state index in [1.54, 1.807) is 18.5 Å². The molecule has 0 unspecified atom stereocenters. The minimum absolute atomic E-state index is 0.0340. The number of pyridine rings is 1. The third kappa shape index (κ3) is 2.81. The fourth-order valence-electron chi connectivity index (χ4n) is 2.56. The lowest BCUT2D eigenvalue weighted by Gasteiger charge is -2.36. The molecule has 1 aromatic heterocycles. The van der Waals surface area contributed by atoms with Crippen LogP contribution in [-0.4, -0.2) is 42.0 Å². The summed E-state index contributed by atoms with van der Waals surface area (Å²) in [6, 6.07) is 11.9. The first-order valence-electron chi connectivity index (χ1n) is 7.04. The summed E-state index contributed by atoms with van der Waals surface area (Å²) < 4.78 is 0. The third-order valence-electron chi connectivity index (χ3n) is 3.77. The highest BCUT2D eigenvalue weighted by atomic mass is 16.2. The van der Waals surface area contributed by atoms with Crippen molar-refractivity contribution in [2.45, 2.75) is 0 Å². The van der Waals surface area contributed by atoms with Crippen LogP contribution >= 0.6 is 0 Å². The van der Waals surface area contributed by atoms with Crippen molar-refractivity contribution >= 4 is 17.3 Å². The molecular weight excluding hydrogens is 264 g/mol. The van der Waals surface area contributed by atoms with Gasteiger partial charge in [0.05, 0.1) is 5.56 Å². The van der Waals surface area contributed by atoms with E-state index in [1.807, 2.05) is 23.1 Å². The molecule has 0 radical (unpaired) electrons. The minimum atomic E-state index is -0.0340. The number of piperazine rings is 1. The Bertz CT molecular complexity index is 621. The highest BCUT2D eigenvalue weighted by molar-refractivity contribution is 5.98. The molecule has 5 nitrogen and oxygen atoms in total. The number of amides is 1. The lowest BCUT2D eigenvalue weighted by molar-refractivity contribution is 0.0747. The van der Waals surface area contributed by atoms with Crippen molar-refractivity contribution in [1.29, 1.82) is 0 Å². The summed E-state index contributed by atoms with van der Waals surface area (Å²) in [6.07, 6.45) is 3.14. The molecule has 2 N–H and O–H groups in total. The molecule has 1 aromatic carbocycles. The standard InChI is InChI=1S/C16H18N4O/c17-15-6-7-18-12-14(15)16(21)20-10-8-19(9-11-20)13-4-2-1-3-5-13/h1-7,12H,8-11H2,(H2,17,18). The maximum absolute atomic E-state index is 12.5. The minimum Gasteiger partial charge on any atom is -0.398 e. The summed E-state index contributed by atoms with van der Waals surface area (Å²) in [7, 11) is 0. The summed E-state index contributed by atoms with van der Waals surface area (Å²) in [5.41, 5.74) is 8.03. The van der Waals surface area contributed by atoms with Gasteiger partial charge in [0.1, 0.15) is 0 Å². The molecule has 1 saturated heterocycles. The monoisotopic (exact) mass is 282 g/mol. The van der Waals surface area contributed by atoms with Gasteiger partial charge in [-0.2, -0.15) is 0 Å². The zero-order valence-electron chi connectivity index (χ0n) is 11.8. The molecule has 0 spiro atoms. The number of nitrogens with zero attached hydrogens (tertiary/aromatic N) is 3. The van der Waals surface area contributed by atoms with Gasteiger partial charge in [0.25, 0.3) is 5.91 Å². The SMILES string of the molecule is Nc1ccncc1C(=O)N1CCN(c2ccccc2)CC1. The average Bonchev–Trinajstić information content (AvgIpc) is 2.56. The predicted octanol–water partition coefficient (Wildman–Crippen LogP) is 1.63. The second-order valence-corrected chi connectivity index (χ2v) is 5.08. The van der Waals surface area contributed by atoms with E-state index >= 15 is 0 Å².